The molecule has 118 valence electrons. The Hall–Kier alpha value is -0.770. The second kappa shape index (κ2) is 8.62. The van der Waals surface area contributed by atoms with Gasteiger partial charge in [-0.1, -0.05) is 30.7 Å². The van der Waals surface area contributed by atoms with Crippen molar-refractivity contribution in [1.29, 1.82) is 0 Å². The SMILES string of the molecule is CCCNCc1cccc(Cl)c1N1CCC(COC)CC1. The zero-order valence-corrected chi connectivity index (χ0v) is 14.0. The van der Waals surface area contributed by atoms with E-state index in [-0.39, 0.29) is 0 Å². The number of para-hydroxylation sites is 1. The Morgan fingerprint density at radius 1 is 1.33 bits per heavy atom. The van der Waals surface area contributed by atoms with E-state index in [2.05, 4.69) is 23.2 Å². The lowest BCUT2D eigenvalue weighted by Gasteiger charge is -2.35. The molecule has 1 aromatic rings. The zero-order valence-electron chi connectivity index (χ0n) is 13.2. The molecule has 4 heteroatoms. The number of halogens is 1. The van der Waals surface area contributed by atoms with E-state index in [0.29, 0.717) is 5.92 Å². The Bertz CT molecular complexity index is 431. The minimum atomic E-state index is 0.690. The fraction of sp³-hybridized carbons (Fsp3) is 0.647. The lowest BCUT2D eigenvalue weighted by atomic mass is 9.96. The molecule has 1 fully saturated rings. The third kappa shape index (κ3) is 4.60. The van der Waals surface area contributed by atoms with E-state index in [9.17, 15) is 0 Å². The molecule has 21 heavy (non-hydrogen) atoms. The molecule has 0 unspecified atom stereocenters. The van der Waals surface area contributed by atoms with Crippen LogP contribution in [0.5, 0.6) is 0 Å². The predicted octanol–water partition coefficient (Wildman–Crippen LogP) is 3.70. The van der Waals surface area contributed by atoms with Crippen molar-refractivity contribution < 1.29 is 4.74 Å². The van der Waals surface area contributed by atoms with Gasteiger partial charge in [-0.05, 0) is 43.4 Å². The Balaban J connectivity index is 2.04. The molecule has 0 aliphatic carbocycles. The Morgan fingerprint density at radius 2 is 2.10 bits per heavy atom. The first-order chi connectivity index (χ1) is 10.3. The van der Waals surface area contributed by atoms with Crippen molar-refractivity contribution in [2.24, 2.45) is 5.92 Å². The molecule has 0 radical (unpaired) electrons. The maximum Gasteiger partial charge on any atom is 0.0642 e. The number of piperidine rings is 1. The number of methoxy groups -OCH3 is 1. The quantitative estimate of drug-likeness (QED) is 0.777. The van der Waals surface area contributed by atoms with Gasteiger partial charge in [0.15, 0.2) is 0 Å². The molecule has 2 rings (SSSR count). The van der Waals surface area contributed by atoms with Crippen molar-refractivity contribution in [3.63, 3.8) is 0 Å². The van der Waals surface area contributed by atoms with Crippen LogP contribution in [0.15, 0.2) is 18.2 Å². The van der Waals surface area contributed by atoms with Crippen molar-refractivity contribution in [1.82, 2.24) is 5.32 Å². The van der Waals surface area contributed by atoms with E-state index in [1.54, 1.807) is 7.11 Å². The normalized spacial score (nSPS) is 16.4. The monoisotopic (exact) mass is 310 g/mol. The molecule has 0 atom stereocenters. The zero-order chi connectivity index (χ0) is 15.1. The number of hydrogen-bond donors (Lipinski definition) is 1. The number of nitrogens with one attached hydrogen (secondary N) is 1. The number of ether oxygens (including phenoxy) is 1. The molecule has 0 aromatic heterocycles. The van der Waals surface area contributed by atoms with Crippen LogP contribution in [-0.2, 0) is 11.3 Å². The van der Waals surface area contributed by atoms with Crippen LogP contribution in [-0.4, -0.2) is 33.4 Å². The summed E-state index contributed by atoms with van der Waals surface area (Å²) < 4.78 is 5.28. The highest BCUT2D eigenvalue weighted by Gasteiger charge is 2.22. The molecule has 1 saturated heterocycles. The topological polar surface area (TPSA) is 24.5 Å². The standard InChI is InChI=1S/C17H27ClN2O/c1-3-9-19-12-15-5-4-6-16(18)17(15)20-10-7-14(8-11-20)13-21-2/h4-6,14,19H,3,7-13H2,1-2H3. The highest BCUT2D eigenvalue weighted by atomic mass is 35.5. The van der Waals surface area contributed by atoms with E-state index < -0.39 is 0 Å². The van der Waals surface area contributed by atoms with Crippen LogP contribution in [0.25, 0.3) is 0 Å². The summed E-state index contributed by atoms with van der Waals surface area (Å²) in [6.07, 6.45) is 3.51. The van der Waals surface area contributed by atoms with Gasteiger partial charge in [0, 0.05) is 33.4 Å². The lowest BCUT2D eigenvalue weighted by Crippen LogP contribution is -2.36. The summed E-state index contributed by atoms with van der Waals surface area (Å²) >= 11 is 6.48. The van der Waals surface area contributed by atoms with Crippen LogP contribution >= 0.6 is 11.6 Å². The van der Waals surface area contributed by atoms with Crippen LogP contribution in [0.2, 0.25) is 5.02 Å². The van der Waals surface area contributed by atoms with E-state index in [1.165, 1.54) is 24.1 Å². The molecule has 1 aliphatic rings. The van der Waals surface area contributed by atoms with Gasteiger partial charge in [-0.15, -0.1) is 0 Å². The highest BCUT2D eigenvalue weighted by molar-refractivity contribution is 6.33. The van der Waals surface area contributed by atoms with Gasteiger partial charge in [-0.2, -0.15) is 0 Å². The molecular weight excluding hydrogens is 284 g/mol. The lowest BCUT2D eigenvalue weighted by molar-refractivity contribution is 0.139. The number of hydrogen-bond acceptors (Lipinski definition) is 3. The average Bonchev–Trinajstić information content (AvgIpc) is 2.49. The summed E-state index contributed by atoms with van der Waals surface area (Å²) in [5.74, 6) is 0.690. The smallest absolute Gasteiger partial charge is 0.0642 e. The highest BCUT2D eigenvalue weighted by Crippen LogP contribution is 2.33. The minimum Gasteiger partial charge on any atom is -0.384 e. The van der Waals surface area contributed by atoms with Crippen molar-refractivity contribution >= 4 is 17.3 Å². The molecule has 1 N–H and O–H groups in total. The number of rotatable bonds is 7. The molecule has 0 spiro atoms. The van der Waals surface area contributed by atoms with Crippen molar-refractivity contribution in [2.75, 3.05) is 38.3 Å². The Kier molecular flexibility index (Phi) is 6.81. The Labute approximate surface area is 133 Å². The fourth-order valence-corrected chi connectivity index (χ4v) is 3.33. The van der Waals surface area contributed by atoms with E-state index in [4.69, 9.17) is 16.3 Å². The average molecular weight is 311 g/mol. The molecule has 0 amide bonds. The third-order valence-electron chi connectivity index (χ3n) is 4.15. The number of benzene rings is 1. The first kappa shape index (κ1) is 16.6. The van der Waals surface area contributed by atoms with Crippen LogP contribution in [0.1, 0.15) is 31.7 Å². The summed E-state index contributed by atoms with van der Waals surface area (Å²) in [7, 11) is 1.79. The number of nitrogens with zero attached hydrogens (tertiary/aromatic N) is 1. The van der Waals surface area contributed by atoms with Gasteiger partial charge in [0.2, 0.25) is 0 Å². The molecule has 1 heterocycles. The maximum absolute atomic E-state index is 6.48. The van der Waals surface area contributed by atoms with Crippen LogP contribution in [0.3, 0.4) is 0 Å². The van der Waals surface area contributed by atoms with Crippen molar-refractivity contribution in [3.05, 3.63) is 28.8 Å². The first-order valence-corrected chi connectivity index (χ1v) is 8.36. The van der Waals surface area contributed by atoms with Gasteiger partial charge < -0.3 is 15.0 Å². The molecule has 3 nitrogen and oxygen atoms in total. The van der Waals surface area contributed by atoms with E-state index in [0.717, 1.165) is 44.2 Å². The summed E-state index contributed by atoms with van der Waals surface area (Å²) in [6, 6.07) is 6.24. The van der Waals surface area contributed by atoms with Crippen LogP contribution in [0, 0.1) is 5.92 Å². The van der Waals surface area contributed by atoms with Gasteiger partial charge in [-0.3, -0.25) is 0 Å². The van der Waals surface area contributed by atoms with Crippen LogP contribution < -0.4 is 10.2 Å². The van der Waals surface area contributed by atoms with Crippen LogP contribution in [0.4, 0.5) is 5.69 Å². The van der Waals surface area contributed by atoms with E-state index >= 15 is 0 Å². The summed E-state index contributed by atoms with van der Waals surface area (Å²) in [5.41, 5.74) is 2.53. The second-order valence-corrected chi connectivity index (χ2v) is 6.22. The van der Waals surface area contributed by atoms with Gasteiger partial charge in [0.05, 0.1) is 10.7 Å². The van der Waals surface area contributed by atoms with Crippen molar-refractivity contribution in [3.8, 4) is 0 Å². The first-order valence-electron chi connectivity index (χ1n) is 7.98. The number of anilines is 1. The summed E-state index contributed by atoms with van der Waals surface area (Å²) in [5, 5.41) is 4.35. The molecule has 0 bridgehead atoms. The maximum atomic E-state index is 6.48. The predicted molar refractivity (Wildman–Crippen MR) is 90.3 cm³/mol. The summed E-state index contributed by atoms with van der Waals surface area (Å²) in [4.78, 5) is 2.44. The largest absolute Gasteiger partial charge is 0.384 e. The minimum absolute atomic E-state index is 0.690. The van der Waals surface area contributed by atoms with Gasteiger partial charge in [0.1, 0.15) is 0 Å². The van der Waals surface area contributed by atoms with Gasteiger partial charge >= 0.3 is 0 Å². The Morgan fingerprint density at radius 3 is 2.76 bits per heavy atom. The summed E-state index contributed by atoms with van der Waals surface area (Å²) in [6.45, 7) is 7.13. The molecule has 0 saturated carbocycles. The fourth-order valence-electron chi connectivity index (χ4n) is 3.02. The molecular formula is C17H27ClN2O. The molecule has 1 aromatic carbocycles. The second-order valence-electron chi connectivity index (χ2n) is 5.81. The molecule has 1 aliphatic heterocycles. The third-order valence-corrected chi connectivity index (χ3v) is 4.45. The van der Waals surface area contributed by atoms with Gasteiger partial charge in [-0.25, -0.2) is 0 Å². The van der Waals surface area contributed by atoms with E-state index in [1.807, 2.05) is 12.1 Å². The van der Waals surface area contributed by atoms with Crippen molar-refractivity contribution in [2.45, 2.75) is 32.7 Å². The van der Waals surface area contributed by atoms with Gasteiger partial charge in [0.25, 0.3) is 0 Å².